The van der Waals surface area contributed by atoms with Crippen LogP contribution < -0.4 is 4.72 Å². The summed E-state index contributed by atoms with van der Waals surface area (Å²) in [5.74, 6) is 0.225. The predicted octanol–water partition coefficient (Wildman–Crippen LogP) is 3.04. The normalized spacial score (nSPS) is 11.3. The molecular weight excluding hydrogens is 368 g/mol. The highest BCUT2D eigenvalue weighted by molar-refractivity contribution is 9.10. The molecule has 1 aromatic carbocycles. The highest BCUT2D eigenvalue weighted by Crippen LogP contribution is 2.24. The third-order valence-corrected chi connectivity index (χ3v) is 5.30. The number of sulfonamides is 1. The van der Waals surface area contributed by atoms with Gasteiger partial charge in [0.1, 0.15) is 4.90 Å². The van der Waals surface area contributed by atoms with Crippen LogP contribution in [0.2, 0.25) is 0 Å². The SMILES string of the molecule is O=S(=O)(Nc1cc(-c2ccncc2)[nH]n1)c1ccccc1Br. The van der Waals surface area contributed by atoms with E-state index in [4.69, 9.17) is 0 Å². The Morgan fingerprint density at radius 3 is 2.55 bits per heavy atom. The number of aromatic amines is 1. The van der Waals surface area contributed by atoms with Gasteiger partial charge in [-0.05, 0) is 40.2 Å². The van der Waals surface area contributed by atoms with Gasteiger partial charge < -0.3 is 0 Å². The second-order valence-corrected chi connectivity index (χ2v) is 6.94. The lowest BCUT2D eigenvalue weighted by Crippen LogP contribution is -2.13. The minimum atomic E-state index is -3.70. The van der Waals surface area contributed by atoms with Gasteiger partial charge in [-0.2, -0.15) is 5.10 Å². The Morgan fingerprint density at radius 2 is 1.82 bits per heavy atom. The van der Waals surface area contributed by atoms with Gasteiger partial charge in [-0.25, -0.2) is 8.42 Å². The van der Waals surface area contributed by atoms with Gasteiger partial charge in [-0.15, -0.1) is 0 Å². The van der Waals surface area contributed by atoms with Crippen molar-refractivity contribution in [3.8, 4) is 11.3 Å². The number of hydrogen-bond donors (Lipinski definition) is 2. The molecule has 2 heterocycles. The summed E-state index contributed by atoms with van der Waals surface area (Å²) in [5.41, 5.74) is 1.57. The Hall–Kier alpha value is -2.19. The van der Waals surface area contributed by atoms with Gasteiger partial charge in [0.2, 0.25) is 0 Å². The number of aromatic nitrogens is 3. The van der Waals surface area contributed by atoms with Crippen LogP contribution in [0.25, 0.3) is 11.3 Å². The summed E-state index contributed by atoms with van der Waals surface area (Å²) in [5, 5.41) is 6.78. The molecular formula is C14H11BrN4O2S. The topological polar surface area (TPSA) is 87.7 Å². The first-order chi connectivity index (χ1) is 10.6. The Labute approximate surface area is 135 Å². The molecule has 0 amide bonds. The number of rotatable bonds is 4. The second-order valence-electron chi connectivity index (χ2n) is 4.44. The van der Waals surface area contributed by atoms with E-state index >= 15 is 0 Å². The van der Waals surface area contributed by atoms with Crippen LogP contribution in [0.5, 0.6) is 0 Å². The third-order valence-electron chi connectivity index (χ3n) is 2.93. The van der Waals surface area contributed by atoms with Crippen molar-refractivity contribution in [1.29, 1.82) is 0 Å². The van der Waals surface area contributed by atoms with Crippen LogP contribution in [-0.2, 0) is 10.0 Å². The average Bonchev–Trinajstić information content (AvgIpc) is 2.96. The number of halogens is 1. The van der Waals surface area contributed by atoms with Crippen molar-refractivity contribution in [2.45, 2.75) is 4.90 Å². The lowest BCUT2D eigenvalue weighted by Gasteiger charge is -2.06. The van der Waals surface area contributed by atoms with Gasteiger partial charge in [0.25, 0.3) is 10.0 Å². The van der Waals surface area contributed by atoms with E-state index < -0.39 is 10.0 Å². The second kappa shape index (κ2) is 5.90. The molecule has 0 atom stereocenters. The largest absolute Gasteiger partial charge is 0.276 e. The molecule has 0 spiro atoms. The summed E-state index contributed by atoms with van der Waals surface area (Å²) in [6, 6.07) is 11.8. The fraction of sp³-hybridized carbons (Fsp3) is 0. The van der Waals surface area contributed by atoms with E-state index in [1.165, 1.54) is 6.07 Å². The first kappa shape index (κ1) is 14.7. The molecule has 6 nitrogen and oxygen atoms in total. The molecule has 2 aromatic heterocycles. The van der Waals surface area contributed by atoms with Gasteiger partial charge in [-0.3, -0.25) is 14.8 Å². The molecule has 112 valence electrons. The summed E-state index contributed by atoms with van der Waals surface area (Å²) in [4.78, 5) is 4.09. The summed E-state index contributed by atoms with van der Waals surface area (Å²) < 4.78 is 27.7. The zero-order valence-electron chi connectivity index (χ0n) is 11.2. The van der Waals surface area contributed by atoms with Crippen LogP contribution in [0.15, 0.2) is 64.2 Å². The van der Waals surface area contributed by atoms with Gasteiger partial charge in [0.15, 0.2) is 5.82 Å². The Kier molecular flexibility index (Phi) is 3.95. The maximum Gasteiger partial charge on any atom is 0.264 e. The van der Waals surface area contributed by atoms with Crippen LogP contribution in [-0.4, -0.2) is 23.6 Å². The number of hydrogen-bond acceptors (Lipinski definition) is 4. The van der Waals surface area contributed by atoms with E-state index in [1.54, 1.807) is 48.8 Å². The average molecular weight is 379 g/mol. The molecule has 3 rings (SSSR count). The fourth-order valence-corrected chi connectivity index (χ4v) is 3.91. The zero-order chi connectivity index (χ0) is 15.6. The monoisotopic (exact) mass is 378 g/mol. The van der Waals surface area contributed by atoms with E-state index in [1.807, 2.05) is 0 Å². The predicted molar refractivity (Wildman–Crippen MR) is 86.8 cm³/mol. The molecule has 2 N–H and O–H groups in total. The molecule has 3 aromatic rings. The number of pyridine rings is 1. The van der Waals surface area contributed by atoms with Gasteiger partial charge in [-0.1, -0.05) is 12.1 Å². The molecule has 0 saturated carbocycles. The third kappa shape index (κ3) is 3.02. The number of benzene rings is 1. The Bertz CT molecular complexity index is 894. The molecule has 0 fully saturated rings. The van der Waals surface area contributed by atoms with Crippen molar-refractivity contribution in [2.24, 2.45) is 0 Å². The first-order valence-electron chi connectivity index (χ1n) is 6.29. The molecule has 0 saturated heterocycles. The highest BCUT2D eigenvalue weighted by atomic mass is 79.9. The van der Waals surface area contributed by atoms with Gasteiger partial charge in [0, 0.05) is 28.5 Å². The van der Waals surface area contributed by atoms with Crippen LogP contribution in [0, 0.1) is 0 Å². The highest BCUT2D eigenvalue weighted by Gasteiger charge is 2.18. The van der Waals surface area contributed by atoms with E-state index in [2.05, 4.69) is 35.8 Å². The van der Waals surface area contributed by atoms with E-state index in [0.29, 0.717) is 10.2 Å². The lowest BCUT2D eigenvalue weighted by atomic mass is 10.2. The minimum Gasteiger partial charge on any atom is -0.276 e. The Balaban J connectivity index is 1.88. The van der Waals surface area contributed by atoms with Crippen LogP contribution >= 0.6 is 15.9 Å². The number of nitrogens with one attached hydrogen (secondary N) is 2. The molecule has 22 heavy (non-hydrogen) atoms. The molecule has 0 unspecified atom stereocenters. The van der Waals surface area contributed by atoms with E-state index in [-0.39, 0.29) is 10.7 Å². The van der Waals surface area contributed by atoms with Crippen molar-refractivity contribution in [1.82, 2.24) is 15.2 Å². The maximum atomic E-state index is 12.4. The van der Waals surface area contributed by atoms with Crippen molar-refractivity contribution in [3.63, 3.8) is 0 Å². The quantitative estimate of drug-likeness (QED) is 0.730. The standard InChI is InChI=1S/C14H11BrN4O2S/c15-11-3-1-2-4-13(11)22(20,21)19-14-9-12(17-18-14)10-5-7-16-8-6-10/h1-9H,(H2,17,18,19). The smallest absolute Gasteiger partial charge is 0.264 e. The van der Waals surface area contributed by atoms with Crippen molar-refractivity contribution in [3.05, 3.63) is 59.3 Å². The van der Waals surface area contributed by atoms with Crippen LogP contribution in [0.1, 0.15) is 0 Å². The molecule has 0 aliphatic carbocycles. The summed E-state index contributed by atoms with van der Waals surface area (Å²) >= 11 is 3.23. The first-order valence-corrected chi connectivity index (χ1v) is 8.57. The number of nitrogens with zero attached hydrogens (tertiary/aromatic N) is 2. The number of anilines is 1. The van der Waals surface area contributed by atoms with Gasteiger partial charge in [0.05, 0.1) is 5.69 Å². The van der Waals surface area contributed by atoms with Crippen LogP contribution in [0.3, 0.4) is 0 Å². The van der Waals surface area contributed by atoms with Gasteiger partial charge >= 0.3 is 0 Å². The minimum absolute atomic E-state index is 0.156. The fourth-order valence-electron chi connectivity index (χ4n) is 1.91. The Morgan fingerprint density at radius 1 is 1.09 bits per heavy atom. The van der Waals surface area contributed by atoms with Crippen molar-refractivity contribution in [2.75, 3.05) is 4.72 Å². The molecule has 0 bridgehead atoms. The maximum absolute atomic E-state index is 12.4. The lowest BCUT2D eigenvalue weighted by molar-refractivity contribution is 0.600. The summed E-state index contributed by atoms with van der Waals surface area (Å²) in [6.45, 7) is 0. The van der Waals surface area contributed by atoms with E-state index in [9.17, 15) is 8.42 Å². The molecule has 0 radical (unpaired) electrons. The zero-order valence-corrected chi connectivity index (χ0v) is 13.6. The molecule has 0 aliphatic rings. The van der Waals surface area contributed by atoms with Crippen molar-refractivity contribution < 1.29 is 8.42 Å². The molecule has 8 heteroatoms. The van der Waals surface area contributed by atoms with Crippen molar-refractivity contribution >= 4 is 31.8 Å². The summed E-state index contributed by atoms with van der Waals surface area (Å²) in [6.07, 6.45) is 3.31. The van der Waals surface area contributed by atoms with E-state index in [0.717, 1.165) is 5.56 Å². The number of H-pyrrole nitrogens is 1. The summed E-state index contributed by atoms with van der Waals surface area (Å²) in [7, 11) is -3.70. The van der Waals surface area contributed by atoms with Crippen LogP contribution in [0.4, 0.5) is 5.82 Å². The molecule has 0 aliphatic heterocycles.